The lowest BCUT2D eigenvalue weighted by Gasteiger charge is -2.21. The summed E-state index contributed by atoms with van der Waals surface area (Å²) >= 11 is 0. The Balaban J connectivity index is 2.60. The fraction of sp³-hybridized carbons (Fsp3) is 0.500. The van der Waals surface area contributed by atoms with Crippen molar-refractivity contribution in [2.45, 2.75) is 39.2 Å². The molecule has 5 nitrogen and oxygen atoms in total. The van der Waals surface area contributed by atoms with E-state index in [1.165, 1.54) is 4.90 Å². The Morgan fingerprint density at radius 3 is 2.24 bits per heavy atom. The number of carbonyl (C=O) groups is 2. The first-order valence-electron chi connectivity index (χ1n) is 6.95. The van der Waals surface area contributed by atoms with Gasteiger partial charge in [-0.2, -0.15) is 0 Å². The Kier molecular flexibility index (Phi) is 5.76. The highest BCUT2D eigenvalue weighted by atomic mass is 16.5. The van der Waals surface area contributed by atoms with Gasteiger partial charge in [0.1, 0.15) is 11.4 Å². The van der Waals surface area contributed by atoms with Gasteiger partial charge in [0, 0.05) is 25.6 Å². The average Bonchev–Trinajstić information content (AvgIpc) is 2.36. The van der Waals surface area contributed by atoms with E-state index in [1.807, 2.05) is 20.8 Å². The number of amides is 1. The van der Waals surface area contributed by atoms with Crippen molar-refractivity contribution in [3.05, 3.63) is 29.8 Å². The lowest BCUT2D eigenvalue weighted by Crippen LogP contribution is -2.28. The third-order valence-electron chi connectivity index (χ3n) is 2.76. The summed E-state index contributed by atoms with van der Waals surface area (Å²) in [4.78, 5) is 24.1. The van der Waals surface area contributed by atoms with Gasteiger partial charge in [-0.3, -0.25) is 9.59 Å². The van der Waals surface area contributed by atoms with Gasteiger partial charge in [-0.05, 0) is 51.5 Å². The van der Waals surface area contributed by atoms with E-state index in [0.29, 0.717) is 24.3 Å². The average molecular weight is 293 g/mol. The van der Waals surface area contributed by atoms with Crippen LogP contribution in [0.1, 0.15) is 44.0 Å². The van der Waals surface area contributed by atoms with E-state index in [0.717, 1.165) is 0 Å². The normalized spacial score (nSPS) is 11.0. The maximum atomic E-state index is 12.2. The molecule has 0 unspecified atom stereocenters. The van der Waals surface area contributed by atoms with E-state index >= 15 is 0 Å². The van der Waals surface area contributed by atoms with Crippen LogP contribution in [-0.2, 0) is 4.79 Å². The monoisotopic (exact) mass is 293 g/mol. The fourth-order valence-electron chi connectivity index (χ4n) is 1.81. The van der Waals surface area contributed by atoms with Gasteiger partial charge in [-0.1, -0.05) is 0 Å². The molecule has 0 bridgehead atoms. The molecule has 1 aromatic carbocycles. The molecule has 0 saturated heterocycles. The van der Waals surface area contributed by atoms with Crippen LogP contribution in [0.2, 0.25) is 0 Å². The second-order valence-corrected chi connectivity index (χ2v) is 5.96. The van der Waals surface area contributed by atoms with Crippen molar-refractivity contribution in [1.29, 1.82) is 0 Å². The SMILES string of the molecule is CN(CCCC(=O)O)C(=O)c1ccc(OC(C)(C)C)cc1. The minimum atomic E-state index is -0.848. The van der Waals surface area contributed by atoms with Gasteiger partial charge < -0.3 is 14.7 Å². The number of ether oxygens (including phenoxy) is 1. The first-order valence-corrected chi connectivity index (χ1v) is 6.95. The molecular formula is C16H23NO4. The maximum absolute atomic E-state index is 12.2. The molecule has 1 rings (SSSR count). The van der Waals surface area contributed by atoms with E-state index in [-0.39, 0.29) is 17.9 Å². The van der Waals surface area contributed by atoms with Gasteiger partial charge in [-0.15, -0.1) is 0 Å². The summed E-state index contributed by atoms with van der Waals surface area (Å²) < 4.78 is 5.70. The standard InChI is InChI=1S/C16H23NO4/c1-16(2,3)21-13-9-7-12(8-10-13)15(20)17(4)11-5-6-14(18)19/h7-10H,5-6,11H2,1-4H3,(H,18,19). The Bertz CT molecular complexity index is 488. The molecule has 1 aromatic rings. The van der Waals surface area contributed by atoms with Crippen molar-refractivity contribution in [2.24, 2.45) is 0 Å². The molecule has 0 atom stereocenters. The second-order valence-electron chi connectivity index (χ2n) is 5.96. The largest absolute Gasteiger partial charge is 0.488 e. The van der Waals surface area contributed by atoms with Crippen molar-refractivity contribution >= 4 is 11.9 Å². The van der Waals surface area contributed by atoms with Crippen LogP contribution in [0, 0.1) is 0 Å². The predicted octanol–water partition coefficient (Wildman–Crippen LogP) is 2.80. The van der Waals surface area contributed by atoms with Crippen molar-refractivity contribution in [3.63, 3.8) is 0 Å². The highest BCUT2D eigenvalue weighted by Crippen LogP contribution is 2.19. The summed E-state index contributed by atoms with van der Waals surface area (Å²) in [7, 11) is 1.67. The van der Waals surface area contributed by atoms with Crippen LogP contribution in [0.15, 0.2) is 24.3 Å². The lowest BCUT2D eigenvalue weighted by atomic mass is 10.1. The maximum Gasteiger partial charge on any atom is 0.303 e. The van der Waals surface area contributed by atoms with Crippen LogP contribution in [0.3, 0.4) is 0 Å². The van der Waals surface area contributed by atoms with E-state index in [2.05, 4.69) is 0 Å². The van der Waals surface area contributed by atoms with Gasteiger partial charge in [0.25, 0.3) is 5.91 Å². The minimum Gasteiger partial charge on any atom is -0.488 e. The van der Waals surface area contributed by atoms with Crippen LogP contribution in [0.4, 0.5) is 0 Å². The molecular weight excluding hydrogens is 270 g/mol. The Morgan fingerprint density at radius 2 is 1.76 bits per heavy atom. The fourth-order valence-corrected chi connectivity index (χ4v) is 1.81. The zero-order chi connectivity index (χ0) is 16.0. The Hall–Kier alpha value is -2.04. The summed E-state index contributed by atoms with van der Waals surface area (Å²) in [5.41, 5.74) is 0.285. The molecule has 5 heteroatoms. The molecule has 0 aliphatic carbocycles. The predicted molar refractivity (Wildman–Crippen MR) is 80.7 cm³/mol. The van der Waals surface area contributed by atoms with Crippen molar-refractivity contribution < 1.29 is 19.4 Å². The van der Waals surface area contributed by atoms with Crippen molar-refractivity contribution in [3.8, 4) is 5.75 Å². The molecule has 0 aliphatic rings. The highest BCUT2D eigenvalue weighted by molar-refractivity contribution is 5.94. The van der Waals surface area contributed by atoms with Gasteiger partial charge in [0.15, 0.2) is 0 Å². The van der Waals surface area contributed by atoms with E-state index in [4.69, 9.17) is 9.84 Å². The second kappa shape index (κ2) is 7.11. The first kappa shape index (κ1) is 17.0. The third kappa shape index (κ3) is 6.29. The van der Waals surface area contributed by atoms with Crippen LogP contribution in [-0.4, -0.2) is 41.1 Å². The molecule has 1 amide bonds. The summed E-state index contributed by atoms with van der Waals surface area (Å²) in [6, 6.07) is 6.97. The van der Waals surface area contributed by atoms with Crippen LogP contribution >= 0.6 is 0 Å². The molecule has 0 aliphatic heterocycles. The highest BCUT2D eigenvalue weighted by Gasteiger charge is 2.14. The van der Waals surface area contributed by atoms with E-state index < -0.39 is 5.97 Å². The lowest BCUT2D eigenvalue weighted by molar-refractivity contribution is -0.137. The van der Waals surface area contributed by atoms with Gasteiger partial charge >= 0.3 is 5.97 Å². The summed E-state index contributed by atoms with van der Waals surface area (Å²) in [6.45, 7) is 6.30. The zero-order valence-corrected chi connectivity index (χ0v) is 13.0. The smallest absolute Gasteiger partial charge is 0.303 e. The number of rotatable bonds is 6. The molecule has 0 spiro atoms. The van der Waals surface area contributed by atoms with Crippen molar-refractivity contribution in [2.75, 3.05) is 13.6 Å². The molecule has 21 heavy (non-hydrogen) atoms. The third-order valence-corrected chi connectivity index (χ3v) is 2.76. The topological polar surface area (TPSA) is 66.8 Å². The number of carboxylic acid groups (broad SMARTS) is 1. The Morgan fingerprint density at radius 1 is 1.19 bits per heavy atom. The molecule has 1 N–H and O–H groups in total. The minimum absolute atomic E-state index is 0.0655. The number of carboxylic acids is 1. The number of benzene rings is 1. The number of nitrogens with zero attached hydrogens (tertiary/aromatic N) is 1. The van der Waals surface area contributed by atoms with Gasteiger partial charge in [-0.25, -0.2) is 0 Å². The van der Waals surface area contributed by atoms with E-state index in [1.54, 1.807) is 31.3 Å². The quantitative estimate of drug-likeness (QED) is 0.875. The number of hydrogen-bond acceptors (Lipinski definition) is 3. The van der Waals surface area contributed by atoms with Crippen LogP contribution in [0.25, 0.3) is 0 Å². The Labute approximate surface area is 125 Å². The summed E-state index contributed by atoms with van der Waals surface area (Å²) in [5.74, 6) is -0.255. The number of hydrogen-bond donors (Lipinski definition) is 1. The van der Waals surface area contributed by atoms with Gasteiger partial charge in [0.2, 0.25) is 0 Å². The molecule has 0 radical (unpaired) electrons. The summed E-state index contributed by atoms with van der Waals surface area (Å²) in [5, 5.41) is 8.59. The number of aliphatic carboxylic acids is 1. The van der Waals surface area contributed by atoms with E-state index in [9.17, 15) is 9.59 Å². The van der Waals surface area contributed by atoms with Crippen LogP contribution in [0.5, 0.6) is 5.75 Å². The van der Waals surface area contributed by atoms with Crippen LogP contribution < -0.4 is 4.74 Å². The molecule has 0 saturated carbocycles. The van der Waals surface area contributed by atoms with Gasteiger partial charge in [0.05, 0.1) is 0 Å². The number of carbonyl (C=O) groups excluding carboxylic acids is 1. The zero-order valence-electron chi connectivity index (χ0n) is 13.0. The molecule has 0 heterocycles. The first-order chi connectivity index (χ1) is 9.69. The molecule has 116 valence electrons. The van der Waals surface area contributed by atoms with Crippen molar-refractivity contribution in [1.82, 2.24) is 4.90 Å². The molecule has 0 aromatic heterocycles. The summed E-state index contributed by atoms with van der Waals surface area (Å²) in [6.07, 6.45) is 0.513. The molecule has 0 fully saturated rings.